The van der Waals surface area contributed by atoms with Gasteiger partial charge in [-0.25, -0.2) is 9.67 Å². The highest BCUT2D eigenvalue weighted by Crippen LogP contribution is 2.25. The molecule has 0 aliphatic carbocycles. The molecule has 0 spiro atoms. The number of nitro benzene ring substituents is 2. The molecule has 1 N–H and O–H groups in total. The fraction of sp³-hybridized carbons (Fsp3) is 0.0625. The number of aromatic nitrogens is 3. The molecule has 0 unspecified atom stereocenters. The number of anilines is 1. The van der Waals surface area contributed by atoms with E-state index in [2.05, 4.69) is 15.4 Å². The Bertz CT molecular complexity index is 1020. The zero-order valence-corrected chi connectivity index (χ0v) is 13.7. The lowest BCUT2D eigenvalue weighted by Gasteiger charge is -2.03. The molecule has 0 fully saturated rings. The van der Waals surface area contributed by atoms with Crippen molar-refractivity contribution in [1.29, 1.82) is 0 Å². The van der Waals surface area contributed by atoms with Crippen LogP contribution in [-0.2, 0) is 6.54 Å². The zero-order chi connectivity index (χ0) is 19.4. The summed E-state index contributed by atoms with van der Waals surface area (Å²) >= 11 is 0. The van der Waals surface area contributed by atoms with E-state index in [1.165, 1.54) is 11.0 Å². The van der Waals surface area contributed by atoms with Gasteiger partial charge in [-0.3, -0.25) is 30.3 Å². The molecule has 1 amide bonds. The van der Waals surface area contributed by atoms with Crippen LogP contribution in [0.25, 0.3) is 0 Å². The molecule has 2 aromatic carbocycles. The number of hydrogen-bond donors (Lipinski definition) is 1. The standard InChI is InChI=1S/C16H12N6O5/c23-15(13-7-6-12(21(24)25)8-14(13)22(26)27)18-16-17-10-20(19-16)9-11-4-2-1-3-5-11/h1-8,10H,9H2,(H,18,19,23). The second-order valence-corrected chi connectivity index (χ2v) is 5.42. The molecule has 0 radical (unpaired) electrons. The van der Waals surface area contributed by atoms with Gasteiger partial charge in [-0.2, -0.15) is 0 Å². The molecule has 3 rings (SSSR count). The molecule has 136 valence electrons. The normalized spacial score (nSPS) is 10.4. The number of hydrogen-bond acceptors (Lipinski definition) is 7. The van der Waals surface area contributed by atoms with Crippen LogP contribution in [0, 0.1) is 20.2 Å². The molecule has 0 atom stereocenters. The van der Waals surface area contributed by atoms with Crippen molar-refractivity contribution in [1.82, 2.24) is 14.8 Å². The van der Waals surface area contributed by atoms with Gasteiger partial charge in [0.05, 0.1) is 22.5 Å². The number of amides is 1. The minimum absolute atomic E-state index is 0.0384. The fourth-order valence-corrected chi connectivity index (χ4v) is 2.34. The number of carbonyl (C=O) groups is 1. The average Bonchev–Trinajstić information content (AvgIpc) is 3.08. The molecule has 11 nitrogen and oxygen atoms in total. The van der Waals surface area contributed by atoms with Crippen molar-refractivity contribution < 1.29 is 14.6 Å². The van der Waals surface area contributed by atoms with Crippen molar-refractivity contribution in [3.8, 4) is 0 Å². The van der Waals surface area contributed by atoms with Gasteiger partial charge in [-0.15, -0.1) is 5.10 Å². The third-order valence-electron chi connectivity index (χ3n) is 3.58. The largest absolute Gasteiger partial charge is 0.289 e. The van der Waals surface area contributed by atoms with Crippen molar-refractivity contribution in [2.75, 3.05) is 5.32 Å². The number of rotatable bonds is 6. The first-order valence-corrected chi connectivity index (χ1v) is 7.61. The summed E-state index contributed by atoms with van der Waals surface area (Å²) in [6, 6.07) is 12.2. The first-order chi connectivity index (χ1) is 12.9. The maximum absolute atomic E-state index is 12.3. The minimum Gasteiger partial charge on any atom is -0.289 e. The van der Waals surface area contributed by atoms with E-state index >= 15 is 0 Å². The summed E-state index contributed by atoms with van der Waals surface area (Å²) in [7, 11) is 0. The smallest absolute Gasteiger partial charge is 0.289 e. The van der Waals surface area contributed by atoms with E-state index in [-0.39, 0.29) is 11.5 Å². The molecule has 1 aromatic heterocycles. The molecule has 11 heteroatoms. The van der Waals surface area contributed by atoms with Crippen LogP contribution in [0.2, 0.25) is 0 Å². The number of carbonyl (C=O) groups excluding carboxylic acids is 1. The average molecular weight is 368 g/mol. The third kappa shape index (κ3) is 4.10. The van der Waals surface area contributed by atoms with Gasteiger partial charge in [-0.05, 0) is 11.6 Å². The van der Waals surface area contributed by atoms with Gasteiger partial charge in [0.2, 0.25) is 5.95 Å². The van der Waals surface area contributed by atoms with Crippen molar-refractivity contribution in [3.63, 3.8) is 0 Å². The van der Waals surface area contributed by atoms with Gasteiger partial charge in [0, 0.05) is 6.07 Å². The van der Waals surface area contributed by atoms with Gasteiger partial charge in [0.15, 0.2) is 0 Å². The maximum Gasteiger partial charge on any atom is 0.289 e. The van der Waals surface area contributed by atoms with Crippen LogP contribution in [0.3, 0.4) is 0 Å². The second-order valence-electron chi connectivity index (χ2n) is 5.42. The summed E-state index contributed by atoms with van der Waals surface area (Å²) in [5.74, 6) is -0.877. The molecule has 0 saturated carbocycles. The number of non-ortho nitro benzene ring substituents is 1. The molecule has 1 heterocycles. The van der Waals surface area contributed by atoms with Gasteiger partial charge in [-0.1, -0.05) is 30.3 Å². The third-order valence-corrected chi connectivity index (χ3v) is 3.58. The molecule has 0 saturated heterocycles. The Morgan fingerprint density at radius 3 is 2.48 bits per heavy atom. The Kier molecular flexibility index (Phi) is 4.84. The van der Waals surface area contributed by atoms with Crippen LogP contribution >= 0.6 is 0 Å². The number of nitrogens with one attached hydrogen (secondary N) is 1. The summed E-state index contributed by atoms with van der Waals surface area (Å²) < 4.78 is 1.50. The topological polar surface area (TPSA) is 146 Å². The van der Waals surface area contributed by atoms with Crippen LogP contribution in [0.15, 0.2) is 54.9 Å². The minimum atomic E-state index is -0.858. The van der Waals surface area contributed by atoms with E-state index in [9.17, 15) is 25.0 Å². The lowest BCUT2D eigenvalue weighted by atomic mass is 10.1. The van der Waals surface area contributed by atoms with E-state index in [1.54, 1.807) is 0 Å². The Balaban J connectivity index is 1.78. The SMILES string of the molecule is O=C(Nc1ncn(Cc2ccccc2)n1)c1ccc([N+](=O)[O-])cc1[N+](=O)[O-]. The van der Waals surface area contributed by atoms with Crippen LogP contribution in [-0.4, -0.2) is 30.5 Å². The van der Waals surface area contributed by atoms with Gasteiger partial charge in [0.1, 0.15) is 11.9 Å². The summed E-state index contributed by atoms with van der Waals surface area (Å²) in [5, 5.41) is 28.3. The first kappa shape index (κ1) is 17.7. The highest BCUT2D eigenvalue weighted by molar-refractivity contribution is 6.06. The summed E-state index contributed by atoms with van der Waals surface area (Å²) in [6.07, 6.45) is 1.41. The lowest BCUT2D eigenvalue weighted by molar-refractivity contribution is -0.394. The van der Waals surface area contributed by atoms with Gasteiger partial charge >= 0.3 is 0 Å². The number of nitro groups is 2. The van der Waals surface area contributed by atoms with Crippen molar-refractivity contribution in [3.05, 3.63) is 86.2 Å². The van der Waals surface area contributed by atoms with Crippen LogP contribution in [0.1, 0.15) is 15.9 Å². The number of nitrogens with zero attached hydrogens (tertiary/aromatic N) is 5. The predicted molar refractivity (Wildman–Crippen MR) is 93.3 cm³/mol. The van der Waals surface area contributed by atoms with Crippen LogP contribution < -0.4 is 5.32 Å². The first-order valence-electron chi connectivity index (χ1n) is 7.61. The molecule has 0 aliphatic rings. The van der Waals surface area contributed by atoms with E-state index in [0.717, 1.165) is 23.8 Å². The summed E-state index contributed by atoms with van der Waals surface area (Å²) in [4.78, 5) is 36.5. The molecule has 27 heavy (non-hydrogen) atoms. The summed E-state index contributed by atoms with van der Waals surface area (Å²) in [6.45, 7) is 0.432. The van der Waals surface area contributed by atoms with Crippen LogP contribution in [0.4, 0.5) is 17.3 Å². The van der Waals surface area contributed by atoms with Crippen LogP contribution in [0.5, 0.6) is 0 Å². The van der Waals surface area contributed by atoms with Gasteiger partial charge in [0.25, 0.3) is 17.3 Å². The molecular formula is C16H12N6O5. The van der Waals surface area contributed by atoms with Crippen molar-refractivity contribution in [2.45, 2.75) is 6.54 Å². The quantitative estimate of drug-likeness (QED) is 0.519. The monoisotopic (exact) mass is 368 g/mol. The van der Waals surface area contributed by atoms with Gasteiger partial charge < -0.3 is 0 Å². The fourth-order valence-electron chi connectivity index (χ4n) is 2.34. The van der Waals surface area contributed by atoms with Crippen molar-refractivity contribution >= 4 is 23.2 Å². The van der Waals surface area contributed by atoms with E-state index < -0.39 is 27.1 Å². The summed E-state index contributed by atoms with van der Waals surface area (Å²) in [5.41, 5.74) is -0.509. The Morgan fingerprint density at radius 2 is 1.81 bits per heavy atom. The number of benzene rings is 2. The Hall–Kier alpha value is -4.15. The molecule has 0 aliphatic heterocycles. The maximum atomic E-state index is 12.3. The zero-order valence-electron chi connectivity index (χ0n) is 13.7. The van der Waals surface area contributed by atoms with E-state index in [1.807, 2.05) is 30.3 Å². The Labute approximate surface area is 151 Å². The molecule has 3 aromatic rings. The molecular weight excluding hydrogens is 356 g/mol. The highest BCUT2D eigenvalue weighted by Gasteiger charge is 2.24. The van der Waals surface area contributed by atoms with E-state index in [0.29, 0.717) is 6.54 Å². The second kappa shape index (κ2) is 7.39. The highest BCUT2D eigenvalue weighted by atomic mass is 16.6. The molecule has 0 bridgehead atoms. The van der Waals surface area contributed by atoms with E-state index in [4.69, 9.17) is 0 Å². The predicted octanol–water partition coefficient (Wildman–Crippen LogP) is 2.40. The Morgan fingerprint density at radius 1 is 1.07 bits per heavy atom. The van der Waals surface area contributed by atoms with Crippen molar-refractivity contribution in [2.24, 2.45) is 0 Å². The lowest BCUT2D eigenvalue weighted by Crippen LogP contribution is -2.15.